The van der Waals surface area contributed by atoms with Crippen LogP contribution in [0.4, 0.5) is 0 Å². The summed E-state index contributed by atoms with van der Waals surface area (Å²) in [6, 6.07) is 0.779. The summed E-state index contributed by atoms with van der Waals surface area (Å²) >= 11 is 0. The van der Waals surface area contributed by atoms with Gasteiger partial charge in [0.15, 0.2) is 0 Å². The maximum Gasteiger partial charge on any atom is 0.00953 e. The lowest BCUT2D eigenvalue weighted by atomic mass is 9.87. The summed E-state index contributed by atoms with van der Waals surface area (Å²) in [5.41, 5.74) is 0. The first-order chi connectivity index (χ1) is 8.79. The van der Waals surface area contributed by atoms with Crippen LogP contribution < -0.4 is 5.32 Å². The Labute approximate surface area is 116 Å². The third-order valence-electron chi connectivity index (χ3n) is 3.91. The molecule has 0 spiro atoms. The molecule has 0 heterocycles. The summed E-state index contributed by atoms with van der Waals surface area (Å²) in [5.74, 6) is 0.910. The van der Waals surface area contributed by atoms with Crippen molar-refractivity contribution in [1.29, 1.82) is 0 Å². The van der Waals surface area contributed by atoms with E-state index < -0.39 is 0 Å². The molecule has 0 fully saturated rings. The second-order valence-corrected chi connectivity index (χ2v) is 5.75. The molecule has 1 atom stereocenters. The van der Waals surface area contributed by atoms with Gasteiger partial charge in [-0.05, 0) is 38.1 Å². The average molecular weight is 255 g/mol. The van der Waals surface area contributed by atoms with Crippen molar-refractivity contribution >= 4 is 0 Å². The number of hydrogen-bond acceptors (Lipinski definition) is 1. The average Bonchev–Trinajstić information content (AvgIpc) is 2.38. The molecule has 0 aromatic rings. The molecular formula is C17H37N. The molecule has 0 aromatic carbocycles. The normalized spacial score (nSPS) is 13.2. The summed E-state index contributed by atoms with van der Waals surface area (Å²) in [4.78, 5) is 0. The van der Waals surface area contributed by atoms with Gasteiger partial charge in [-0.1, -0.05) is 66.2 Å². The lowest BCUT2D eigenvalue weighted by Crippen LogP contribution is -2.36. The molecule has 110 valence electrons. The summed E-state index contributed by atoms with van der Waals surface area (Å²) < 4.78 is 0. The van der Waals surface area contributed by atoms with E-state index >= 15 is 0 Å². The van der Waals surface area contributed by atoms with Crippen LogP contribution in [0.1, 0.15) is 91.9 Å². The van der Waals surface area contributed by atoms with Crippen molar-refractivity contribution < 1.29 is 0 Å². The van der Waals surface area contributed by atoms with E-state index in [2.05, 4.69) is 33.0 Å². The van der Waals surface area contributed by atoms with E-state index in [0.29, 0.717) is 0 Å². The molecule has 0 aromatic heterocycles. The summed E-state index contributed by atoms with van der Waals surface area (Å²) in [7, 11) is 0. The predicted molar refractivity (Wildman–Crippen MR) is 84.1 cm³/mol. The fourth-order valence-corrected chi connectivity index (χ4v) is 2.91. The first-order valence-corrected chi connectivity index (χ1v) is 8.53. The molecule has 0 bridgehead atoms. The third kappa shape index (κ3) is 8.97. The van der Waals surface area contributed by atoms with E-state index in [-0.39, 0.29) is 0 Å². The van der Waals surface area contributed by atoms with Crippen LogP contribution in [0.25, 0.3) is 0 Å². The Morgan fingerprint density at radius 1 is 0.667 bits per heavy atom. The van der Waals surface area contributed by atoms with Gasteiger partial charge in [0.1, 0.15) is 0 Å². The zero-order valence-corrected chi connectivity index (χ0v) is 13.4. The molecule has 0 saturated heterocycles. The molecule has 0 aliphatic rings. The number of hydrogen-bond donors (Lipinski definition) is 1. The van der Waals surface area contributed by atoms with Crippen LogP contribution >= 0.6 is 0 Å². The SMILES string of the molecule is CCCCCCC(NCCC)C(CCC)CCC. The molecule has 1 nitrogen and oxygen atoms in total. The fraction of sp³-hybridized carbons (Fsp3) is 1.00. The van der Waals surface area contributed by atoms with Crippen LogP contribution in [0.3, 0.4) is 0 Å². The van der Waals surface area contributed by atoms with Gasteiger partial charge in [-0.25, -0.2) is 0 Å². The van der Waals surface area contributed by atoms with Crippen LogP contribution in [0.5, 0.6) is 0 Å². The molecule has 0 aliphatic carbocycles. The second kappa shape index (κ2) is 13.4. The van der Waals surface area contributed by atoms with Crippen LogP contribution in [-0.4, -0.2) is 12.6 Å². The van der Waals surface area contributed by atoms with Gasteiger partial charge in [0.25, 0.3) is 0 Å². The highest BCUT2D eigenvalue weighted by atomic mass is 14.9. The minimum absolute atomic E-state index is 0.779. The standard InChI is InChI=1S/C17H37N/c1-5-9-10-11-14-17(18-15-8-4)16(12-6-2)13-7-3/h16-18H,5-15H2,1-4H3. The molecule has 1 N–H and O–H groups in total. The van der Waals surface area contributed by atoms with Gasteiger partial charge in [-0.2, -0.15) is 0 Å². The molecule has 0 saturated carbocycles. The molecule has 0 amide bonds. The lowest BCUT2D eigenvalue weighted by Gasteiger charge is -2.28. The molecule has 0 aliphatic heterocycles. The minimum Gasteiger partial charge on any atom is -0.314 e. The van der Waals surface area contributed by atoms with E-state index in [1.807, 2.05) is 0 Å². The number of nitrogens with one attached hydrogen (secondary N) is 1. The lowest BCUT2D eigenvalue weighted by molar-refractivity contribution is 0.290. The van der Waals surface area contributed by atoms with Crippen molar-refractivity contribution in [3.8, 4) is 0 Å². The van der Waals surface area contributed by atoms with Gasteiger partial charge >= 0.3 is 0 Å². The Morgan fingerprint density at radius 3 is 1.83 bits per heavy atom. The summed E-state index contributed by atoms with van der Waals surface area (Å²) in [6.45, 7) is 10.4. The van der Waals surface area contributed by atoms with Crippen LogP contribution in [-0.2, 0) is 0 Å². The minimum atomic E-state index is 0.779. The molecule has 1 unspecified atom stereocenters. The Balaban J connectivity index is 4.13. The molecule has 18 heavy (non-hydrogen) atoms. The van der Waals surface area contributed by atoms with Gasteiger partial charge < -0.3 is 5.32 Å². The smallest absolute Gasteiger partial charge is 0.00953 e. The largest absolute Gasteiger partial charge is 0.314 e. The fourth-order valence-electron chi connectivity index (χ4n) is 2.91. The highest BCUT2D eigenvalue weighted by Crippen LogP contribution is 2.22. The highest BCUT2D eigenvalue weighted by molar-refractivity contribution is 4.76. The van der Waals surface area contributed by atoms with Gasteiger partial charge in [0.2, 0.25) is 0 Å². The van der Waals surface area contributed by atoms with E-state index in [4.69, 9.17) is 0 Å². The summed E-state index contributed by atoms with van der Waals surface area (Å²) in [5, 5.41) is 3.82. The van der Waals surface area contributed by atoms with Crippen LogP contribution in [0.2, 0.25) is 0 Å². The van der Waals surface area contributed by atoms with E-state index in [9.17, 15) is 0 Å². The van der Waals surface area contributed by atoms with Gasteiger partial charge in [0.05, 0.1) is 0 Å². The quantitative estimate of drug-likeness (QED) is 0.426. The van der Waals surface area contributed by atoms with Crippen molar-refractivity contribution in [2.45, 2.75) is 97.9 Å². The van der Waals surface area contributed by atoms with Crippen molar-refractivity contribution in [2.75, 3.05) is 6.54 Å². The zero-order chi connectivity index (χ0) is 13.6. The van der Waals surface area contributed by atoms with Crippen molar-refractivity contribution in [3.05, 3.63) is 0 Å². The maximum absolute atomic E-state index is 3.82. The van der Waals surface area contributed by atoms with Crippen LogP contribution in [0.15, 0.2) is 0 Å². The topological polar surface area (TPSA) is 12.0 Å². The van der Waals surface area contributed by atoms with E-state index in [0.717, 1.165) is 12.0 Å². The van der Waals surface area contributed by atoms with E-state index in [1.165, 1.54) is 70.8 Å². The van der Waals surface area contributed by atoms with Gasteiger partial charge in [-0.15, -0.1) is 0 Å². The Kier molecular flexibility index (Phi) is 13.4. The monoisotopic (exact) mass is 255 g/mol. The zero-order valence-electron chi connectivity index (χ0n) is 13.4. The summed E-state index contributed by atoms with van der Waals surface area (Å²) in [6.07, 6.45) is 13.7. The predicted octanol–water partition coefficient (Wildman–Crippen LogP) is 5.54. The Morgan fingerprint density at radius 2 is 1.33 bits per heavy atom. The Bertz CT molecular complexity index is 150. The first-order valence-electron chi connectivity index (χ1n) is 8.53. The molecule has 0 radical (unpaired) electrons. The molecule has 1 heteroatoms. The highest BCUT2D eigenvalue weighted by Gasteiger charge is 2.18. The van der Waals surface area contributed by atoms with Gasteiger partial charge in [0, 0.05) is 6.04 Å². The van der Waals surface area contributed by atoms with Gasteiger partial charge in [-0.3, -0.25) is 0 Å². The van der Waals surface area contributed by atoms with Crippen molar-refractivity contribution in [1.82, 2.24) is 5.32 Å². The maximum atomic E-state index is 3.82. The number of unbranched alkanes of at least 4 members (excludes halogenated alkanes) is 3. The van der Waals surface area contributed by atoms with Crippen molar-refractivity contribution in [3.63, 3.8) is 0 Å². The second-order valence-electron chi connectivity index (χ2n) is 5.75. The molecule has 0 rings (SSSR count). The van der Waals surface area contributed by atoms with Crippen molar-refractivity contribution in [2.24, 2.45) is 5.92 Å². The Hall–Kier alpha value is -0.0400. The third-order valence-corrected chi connectivity index (χ3v) is 3.91. The van der Waals surface area contributed by atoms with Crippen LogP contribution in [0, 0.1) is 5.92 Å². The molecular weight excluding hydrogens is 218 g/mol. The number of rotatable bonds is 13. The first kappa shape index (κ1) is 18.0. The van der Waals surface area contributed by atoms with E-state index in [1.54, 1.807) is 0 Å².